The molecule has 3 nitrogen and oxygen atoms in total. The highest BCUT2D eigenvalue weighted by Gasteiger charge is 2.43. The summed E-state index contributed by atoms with van der Waals surface area (Å²) in [4.78, 5) is 11.1. The van der Waals surface area contributed by atoms with Crippen molar-refractivity contribution in [3.63, 3.8) is 0 Å². The lowest BCUT2D eigenvalue weighted by Crippen LogP contribution is -2.33. The molecule has 0 saturated heterocycles. The number of hydrogen-bond acceptors (Lipinski definition) is 3. The maximum Gasteiger partial charge on any atom is 0.461 e. The Hall–Kier alpha value is -1.79. The van der Waals surface area contributed by atoms with Crippen LogP contribution >= 0.6 is 0 Å². The summed E-state index contributed by atoms with van der Waals surface area (Å²) in [6, 6.07) is 4.83. The van der Waals surface area contributed by atoms with E-state index >= 15 is 0 Å². The fraction of sp³-hybridized carbons (Fsp3) is 0.417. The Labute approximate surface area is 107 Å². The van der Waals surface area contributed by atoms with Crippen molar-refractivity contribution in [3.05, 3.63) is 29.8 Å². The van der Waals surface area contributed by atoms with Crippen molar-refractivity contribution < 1.29 is 31.8 Å². The second kappa shape index (κ2) is 6.40. The monoisotopic (exact) mass is 280 g/mol. The van der Waals surface area contributed by atoms with E-state index in [1.165, 1.54) is 12.1 Å². The molecule has 0 radical (unpaired) electrons. The Morgan fingerprint density at radius 3 is 2.32 bits per heavy atom. The zero-order chi connectivity index (χ0) is 14.5. The number of hydrogen-bond donors (Lipinski definition) is 0. The van der Waals surface area contributed by atoms with Crippen LogP contribution in [0.25, 0.3) is 0 Å². The topological polar surface area (TPSA) is 35.5 Å². The second-order valence-corrected chi connectivity index (χ2v) is 3.59. The van der Waals surface area contributed by atoms with Crippen LogP contribution in [-0.4, -0.2) is 25.1 Å². The van der Waals surface area contributed by atoms with E-state index in [9.17, 15) is 22.4 Å². The molecule has 0 saturated carbocycles. The molecule has 19 heavy (non-hydrogen) atoms. The molecule has 0 bridgehead atoms. The molecular formula is C12H12F4O3. The minimum absolute atomic E-state index is 0.0284. The molecule has 0 unspecified atom stereocenters. The van der Waals surface area contributed by atoms with Crippen LogP contribution in [0, 0.1) is 0 Å². The van der Waals surface area contributed by atoms with Crippen LogP contribution in [0.1, 0.15) is 12.5 Å². The lowest BCUT2D eigenvalue weighted by Gasteiger charge is -2.16. The van der Waals surface area contributed by atoms with Crippen molar-refractivity contribution >= 4 is 5.97 Å². The first-order valence-corrected chi connectivity index (χ1v) is 5.44. The van der Waals surface area contributed by atoms with Gasteiger partial charge in [-0.3, -0.25) is 4.79 Å². The summed E-state index contributed by atoms with van der Waals surface area (Å²) in [6.07, 6.45) is -8.48. The van der Waals surface area contributed by atoms with Gasteiger partial charge >= 0.3 is 18.5 Å². The third-order valence-corrected chi connectivity index (χ3v) is 2.09. The molecular weight excluding hydrogens is 268 g/mol. The number of halogens is 4. The summed E-state index contributed by atoms with van der Waals surface area (Å²) in [5.74, 6) is -0.869. The lowest BCUT2D eigenvalue weighted by molar-refractivity contribution is -0.253. The van der Waals surface area contributed by atoms with Gasteiger partial charge in [0.05, 0.1) is 13.0 Å². The molecule has 7 heteroatoms. The molecule has 0 aliphatic rings. The van der Waals surface area contributed by atoms with E-state index in [2.05, 4.69) is 4.74 Å². The molecule has 0 spiro atoms. The summed E-state index contributed by atoms with van der Waals surface area (Å²) < 4.78 is 57.6. The predicted octanol–water partition coefficient (Wildman–Crippen LogP) is 3.03. The van der Waals surface area contributed by atoms with Crippen molar-refractivity contribution in [1.29, 1.82) is 0 Å². The summed E-state index contributed by atoms with van der Waals surface area (Å²) >= 11 is 0. The highest BCUT2D eigenvalue weighted by atomic mass is 19.3. The van der Waals surface area contributed by atoms with Gasteiger partial charge in [-0.2, -0.15) is 17.6 Å². The van der Waals surface area contributed by atoms with E-state index in [0.717, 1.165) is 12.1 Å². The first-order valence-electron chi connectivity index (χ1n) is 5.44. The number of esters is 1. The van der Waals surface area contributed by atoms with Crippen molar-refractivity contribution in [2.45, 2.75) is 25.9 Å². The Morgan fingerprint density at radius 1 is 1.26 bits per heavy atom. The van der Waals surface area contributed by atoms with Gasteiger partial charge in [0.25, 0.3) is 0 Å². The van der Waals surface area contributed by atoms with Crippen LogP contribution in [0.4, 0.5) is 17.6 Å². The van der Waals surface area contributed by atoms with Crippen LogP contribution in [-0.2, 0) is 16.0 Å². The van der Waals surface area contributed by atoms with Gasteiger partial charge in [-0.05, 0) is 24.6 Å². The number of alkyl halides is 4. The van der Waals surface area contributed by atoms with Crippen LogP contribution in [0.5, 0.6) is 5.75 Å². The van der Waals surface area contributed by atoms with E-state index < -0.39 is 24.3 Å². The van der Waals surface area contributed by atoms with Crippen molar-refractivity contribution in [1.82, 2.24) is 0 Å². The number of rotatable bonds is 6. The van der Waals surface area contributed by atoms with Gasteiger partial charge in [-0.1, -0.05) is 12.1 Å². The fourth-order valence-corrected chi connectivity index (χ4v) is 1.26. The number of benzene rings is 1. The highest BCUT2D eigenvalue weighted by molar-refractivity contribution is 5.72. The van der Waals surface area contributed by atoms with Crippen LogP contribution in [0.3, 0.4) is 0 Å². The van der Waals surface area contributed by atoms with Crippen molar-refractivity contribution in [2.24, 2.45) is 0 Å². The van der Waals surface area contributed by atoms with Gasteiger partial charge < -0.3 is 9.47 Å². The number of carbonyl (C=O) groups is 1. The molecule has 0 aromatic heterocycles. The molecule has 1 aromatic carbocycles. The van der Waals surface area contributed by atoms with Gasteiger partial charge in [-0.15, -0.1) is 0 Å². The molecule has 0 aliphatic heterocycles. The smallest absolute Gasteiger partial charge is 0.461 e. The van der Waals surface area contributed by atoms with Gasteiger partial charge in [-0.25, -0.2) is 0 Å². The molecule has 0 N–H and O–H groups in total. The van der Waals surface area contributed by atoms with Crippen molar-refractivity contribution in [2.75, 3.05) is 6.61 Å². The minimum Gasteiger partial charge on any atom is -0.466 e. The van der Waals surface area contributed by atoms with E-state index in [0.29, 0.717) is 5.56 Å². The lowest BCUT2D eigenvalue weighted by atomic mass is 10.1. The number of carbonyl (C=O) groups excluding carboxylic acids is 1. The average Bonchev–Trinajstić information content (AvgIpc) is 2.31. The van der Waals surface area contributed by atoms with Gasteiger partial charge in [0, 0.05) is 0 Å². The van der Waals surface area contributed by atoms with Gasteiger partial charge in [0.1, 0.15) is 5.75 Å². The fourth-order valence-electron chi connectivity index (χ4n) is 1.26. The minimum atomic E-state index is -4.54. The zero-order valence-corrected chi connectivity index (χ0v) is 10.0. The van der Waals surface area contributed by atoms with E-state index in [-0.39, 0.29) is 13.0 Å². The van der Waals surface area contributed by atoms with Gasteiger partial charge in [0.2, 0.25) is 0 Å². The maximum atomic E-state index is 12.6. The van der Waals surface area contributed by atoms with E-state index in [4.69, 9.17) is 4.74 Å². The quantitative estimate of drug-likeness (QED) is 0.593. The average molecular weight is 280 g/mol. The molecule has 0 amide bonds. The Kier molecular flexibility index (Phi) is 5.14. The summed E-state index contributed by atoms with van der Waals surface area (Å²) in [7, 11) is 0. The van der Waals surface area contributed by atoms with Crippen LogP contribution in [0.15, 0.2) is 24.3 Å². The number of ether oxygens (including phenoxy) is 2. The first kappa shape index (κ1) is 15.3. The van der Waals surface area contributed by atoms with Crippen molar-refractivity contribution in [3.8, 4) is 5.75 Å². The maximum absolute atomic E-state index is 12.6. The SMILES string of the molecule is CCOC(=O)Cc1ccc(OC(F)(F)C(F)F)cc1. The Balaban J connectivity index is 2.64. The molecule has 106 valence electrons. The first-order chi connectivity index (χ1) is 8.85. The third-order valence-electron chi connectivity index (χ3n) is 2.09. The normalized spacial score (nSPS) is 11.5. The summed E-state index contributed by atoms with van der Waals surface area (Å²) in [6.45, 7) is 1.89. The Morgan fingerprint density at radius 2 is 1.84 bits per heavy atom. The molecule has 0 fully saturated rings. The molecule has 1 rings (SSSR count). The summed E-state index contributed by atoms with van der Waals surface area (Å²) in [5.41, 5.74) is 0.506. The third kappa shape index (κ3) is 4.76. The van der Waals surface area contributed by atoms with Crippen LogP contribution in [0.2, 0.25) is 0 Å². The van der Waals surface area contributed by atoms with Crippen LogP contribution < -0.4 is 4.74 Å². The highest BCUT2D eigenvalue weighted by Crippen LogP contribution is 2.27. The molecule has 0 aliphatic carbocycles. The largest absolute Gasteiger partial charge is 0.466 e. The van der Waals surface area contributed by atoms with E-state index in [1.54, 1.807) is 6.92 Å². The molecule has 1 aromatic rings. The second-order valence-electron chi connectivity index (χ2n) is 3.59. The summed E-state index contributed by atoms with van der Waals surface area (Å²) in [5, 5.41) is 0. The predicted molar refractivity (Wildman–Crippen MR) is 58.4 cm³/mol. The Bertz CT molecular complexity index is 417. The van der Waals surface area contributed by atoms with Gasteiger partial charge in [0.15, 0.2) is 0 Å². The zero-order valence-electron chi connectivity index (χ0n) is 10.0. The van der Waals surface area contributed by atoms with E-state index in [1.807, 2.05) is 0 Å². The molecule has 0 atom stereocenters. The molecule has 0 heterocycles. The standard InChI is InChI=1S/C12H12F4O3/c1-2-18-10(17)7-8-3-5-9(6-4-8)19-12(15,16)11(13)14/h3-6,11H,2,7H2,1H3.